The highest BCUT2D eigenvalue weighted by Gasteiger charge is 2.27. The maximum Gasteiger partial charge on any atom is 0.319 e. The number of hydrogen-bond donors (Lipinski definition) is 2. The highest BCUT2D eigenvalue weighted by molar-refractivity contribution is 9.10. The van der Waals surface area contributed by atoms with Crippen molar-refractivity contribution in [2.45, 2.75) is 19.3 Å². The number of hydrogen-bond acceptors (Lipinski definition) is 3. The molecule has 1 heterocycles. The summed E-state index contributed by atoms with van der Waals surface area (Å²) in [5.74, 6) is -0.140. The zero-order chi connectivity index (χ0) is 19.8. The van der Waals surface area contributed by atoms with Gasteiger partial charge in [0.1, 0.15) is 0 Å². The van der Waals surface area contributed by atoms with Crippen molar-refractivity contribution >= 4 is 33.8 Å². The summed E-state index contributed by atoms with van der Waals surface area (Å²) < 4.78 is 0.862. The summed E-state index contributed by atoms with van der Waals surface area (Å²) in [5, 5.41) is 5.78. The third-order valence-electron chi connectivity index (χ3n) is 4.54. The molecule has 2 rings (SSSR count). The Hall–Kier alpha value is -2.09. The van der Waals surface area contributed by atoms with Crippen molar-refractivity contribution in [3.8, 4) is 0 Å². The van der Waals surface area contributed by atoms with Crippen LogP contribution in [0.3, 0.4) is 0 Å². The first kappa shape index (κ1) is 21.2. The van der Waals surface area contributed by atoms with Gasteiger partial charge in [-0.2, -0.15) is 0 Å². The molecule has 0 atom stereocenters. The van der Waals surface area contributed by atoms with Gasteiger partial charge in [-0.3, -0.25) is 9.59 Å². The highest BCUT2D eigenvalue weighted by atomic mass is 79.9. The molecule has 0 saturated carbocycles. The van der Waals surface area contributed by atoms with Crippen LogP contribution in [-0.2, 0) is 4.79 Å². The Kier molecular flexibility index (Phi) is 8.09. The second-order valence-electron chi connectivity index (χ2n) is 6.85. The number of urea groups is 1. The van der Waals surface area contributed by atoms with Crippen molar-refractivity contribution in [2.24, 2.45) is 5.92 Å². The maximum atomic E-state index is 12.2. The van der Waals surface area contributed by atoms with Gasteiger partial charge in [-0.05, 0) is 37.5 Å². The van der Waals surface area contributed by atoms with Crippen LogP contribution in [0.1, 0.15) is 29.6 Å². The van der Waals surface area contributed by atoms with Gasteiger partial charge in [0.05, 0.1) is 0 Å². The molecule has 148 valence electrons. The monoisotopic (exact) mass is 438 g/mol. The van der Waals surface area contributed by atoms with E-state index in [1.54, 1.807) is 36.0 Å². The van der Waals surface area contributed by atoms with Crippen LogP contribution in [0.4, 0.5) is 4.79 Å². The van der Waals surface area contributed by atoms with E-state index in [1.807, 2.05) is 12.1 Å². The fourth-order valence-corrected chi connectivity index (χ4v) is 3.39. The molecule has 0 spiro atoms. The first-order valence-corrected chi connectivity index (χ1v) is 9.95. The summed E-state index contributed by atoms with van der Waals surface area (Å²) in [6.07, 6.45) is 2.04. The van der Waals surface area contributed by atoms with E-state index in [4.69, 9.17) is 0 Å². The second-order valence-corrected chi connectivity index (χ2v) is 7.76. The average Bonchev–Trinajstić information content (AvgIpc) is 2.66. The van der Waals surface area contributed by atoms with E-state index in [2.05, 4.69) is 26.6 Å². The molecule has 4 amide bonds. The molecule has 0 bridgehead atoms. The molecule has 1 aromatic rings. The molecule has 0 radical (unpaired) electrons. The Balaban J connectivity index is 1.61. The first-order chi connectivity index (χ1) is 12.9. The van der Waals surface area contributed by atoms with Gasteiger partial charge in [-0.1, -0.05) is 22.0 Å². The molecule has 2 N–H and O–H groups in total. The van der Waals surface area contributed by atoms with Crippen molar-refractivity contribution < 1.29 is 14.4 Å². The number of rotatable bonds is 6. The molecular weight excluding hydrogens is 412 g/mol. The van der Waals surface area contributed by atoms with Crippen LogP contribution in [0.25, 0.3) is 0 Å². The number of nitrogens with zero attached hydrogens (tertiary/aromatic N) is 2. The van der Waals surface area contributed by atoms with Gasteiger partial charge < -0.3 is 20.4 Å². The number of likely N-dealkylation sites (tertiary alicyclic amines) is 1. The van der Waals surface area contributed by atoms with Crippen molar-refractivity contribution in [2.75, 3.05) is 40.3 Å². The molecule has 0 aromatic heterocycles. The Morgan fingerprint density at radius 3 is 2.44 bits per heavy atom. The number of carbonyl (C=O) groups is 3. The third kappa shape index (κ3) is 6.53. The zero-order valence-corrected chi connectivity index (χ0v) is 17.4. The van der Waals surface area contributed by atoms with Gasteiger partial charge in [-0.15, -0.1) is 0 Å². The highest BCUT2D eigenvalue weighted by Crippen LogP contribution is 2.18. The van der Waals surface area contributed by atoms with Crippen molar-refractivity contribution in [1.29, 1.82) is 0 Å². The zero-order valence-electron chi connectivity index (χ0n) is 15.8. The van der Waals surface area contributed by atoms with Gasteiger partial charge >= 0.3 is 6.03 Å². The maximum absolute atomic E-state index is 12.2. The minimum Gasteiger partial charge on any atom is -0.356 e. The lowest BCUT2D eigenvalue weighted by Crippen LogP contribution is -2.46. The van der Waals surface area contributed by atoms with E-state index in [-0.39, 0.29) is 23.8 Å². The molecule has 8 heteroatoms. The SMILES string of the molecule is CN(C)C(=O)N1CCC(C(=O)NCCCNC(=O)c2cccc(Br)c2)CC1. The molecule has 1 aliphatic rings. The van der Waals surface area contributed by atoms with Crippen LogP contribution in [0.15, 0.2) is 28.7 Å². The van der Waals surface area contributed by atoms with Crippen LogP contribution in [0.2, 0.25) is 0 Å². The van der Waals surface area contributed by atoms with E-state index in [0.29, 0.717) is 51.0 Å². The summed E-state index contributed by atoms with van der Waals surface area (Å²) in [7, 11) is 3.47. The number of halogens is 1. The summed E-state index contributed by atoms with van der Waals surface area (Å²) in [6.45, 7) is 2.24. The smallest absolute Gasteiger partial charge is 0.319 e. The summed E-state index contributed by atoms with van der Waals surface area (Å²) in [5.41, 5.74) is 0.604. The van der Waals surface area contributed by atoms with E-state index in [9.17, 15) is 14.4 Å². The van der Waals surface area contributed by atoms with Gasteiger partial charge in [0.2, 0.25) is 5.91 Å². The van der Waals surface area contributed by atoms with Crippen LogP contribution >= 0.6 is 15.9 Å². The lowest BCUT2D eigenvalue weighted by atomic mass is 9.96. The van der Waals surface area contributed by atoms with E-state index < -0.39 is 0 Å². The molecule has 1 aliphatic heterocycles. The number of nitrogens with one attached hydrogen (secondary N) is 2. The van der Waals surface area contributed by atoms with Gasteiger partial charge in [0, 0.05) is 56.2 Å². The molecular formula is C19H27BrN4O3. The first-order valence-electron chi connectivity index (χ1n) is 9.16. The minimum atomic E-state index is -0.124. The summed E-state index contributed by atoms with van der Waals surface area (Å²) in [4.78, 5) is 39.5. The number of amides is 4. The van der Waals surface area contributed by atoms with Crippen LogP contribution in [0.5, 0.6) is 0 Å². The quantitative estimate of drug-likeness (QED) is 0.666. The predicted molar refractivity (Wildman–Crippen MR) is 107 cm³/mol. The Labute approximate surface area is 168 Å². The second kappa shape index (κ2) is 10.3. The van der Waals surface area contributed by atoms with E-state index in [1.165, 1.54) is 0 Å². The topological polar surface area (TPSA) is 81.8 Å². The van der Waals surface area contributed by atoms with Crippen LogP contribution in [-0.4, -0.2) is 67.9 Å². The average molecular weight is 439 g/mol. The molecule has 1 aromatic carbocycles. The van der Waals surface area contributed by atoms with Gasteiger partial charge in [-0.25, -0.2) is 4.79 Å². The van der Waals surface area contributed by atoms with Crippen molar-refractivity contribution in [1.82, 2.24) is 20.4 Å². The van der Waals surface area contributed by atoms with Crippen LogP contribution in [0, 0.1) is 5.92 Å². The molecule has 1 fully saturated rings. The van der Waals surface area contributed by atoms with Crippen LogP contribution < -0.4 is 10.6 Å². The largest absolute Gasteiger partial charge is 0.356 e. The summed E-state index contributed by atoms with van der Waals surface area (Å²) in [6, 6.07) is 7.21. The third-order valence-corrected chi connectivity index (χ3v) is 5.04. The normalized spacial score (nSPS) is 14.6. The van der Waals surface area contributed by atoms with E-state index in [0.717, 1.165) is 4.47 Å². The number of piperidine rings is 1. The van der Waals surface area contributed by atoms with Gasteiger partial charge in [0.15, 0.2) is 0 Å². The van der Waals surface area contributed by atoms with Gasteiger partial charge in [0.25, 0.3) is 5.91 Å². The Bertz CT molecular complexity index is 673. The molecule has 0 unspecified atom stereocenters. The fraction of sp³-hybridized carbons (Fsp3) is 0.526. The molecule has 1 saturated heterocycles. The minimum absolute atomic E-state index is 0.00459. The van der Waals surface area contributed by atoms with Crippen molar-refractivity contribution in [3.05, 3.63) is 34.3 Å². The molecule has 27 heavy (non-hydrogen) atoms. The lowest BCUT2D eigenvalue weighted by molar-refractivity contribution is -0.126. The summed E-state index contributed by atoms with van der Waals surface area (Å²) >= 11 is 3.34. The number of carbonyl (C=O) groups excluding carboxylic acids is 3. The Morgan fingerprint density at radius 2 is 1.81 bits per heavy atom. The fourth-order valence-electron chi connectivity index (χ4n) is 2.99. The number of benzene rings is 1. The standard InChI is InChI=1S/C19H27BrN4O3/c1-23(2)19(27)24-11-7-14(8-12-24)17(25)21-9-4-10-22-18(26)15-5-3-6-16(20)13-15/h3,5-6,13-14H,4,7-12H2,1-2H3,(H,21,25)(H,22,26). The Morgan fingerprint density at radius 1 is 1.15 bits per heavy atom. The predicted octanol–water partition coefficient (Wildman–Crippen LogP) is 2.08. The van der Waals surface area contributed by atoms with Crippen molar-refractivity contribution in [3.63, 3.8) is 0 Å². The molecule has 0 aliphatic carbocycles. The lowest BCUT2D eigenvalue weighted by Gasteiger charge is -2.33. The molecule has 7 nitrogen and oxygen atoms in total. The van der Waals surface area contributed by atoms with E-state index >= 15 is 0 Å².